The van der Waals surface area contributed by atoms with Gasteiger partial charge < -0.3 is 4.74 Å². The summed E-state index contributed by atoms with van der Waals surface area (Å²) in [5.74, 6) is 0. The fourth-order valence-electron chi connectivity index (χ4n) is 1.57. The van der Waals surface area contributed by atoms with E-state index in [2.05, 4.69) is 22.6 Å². The van der Waals surface area contributed by atoms with Gasteiger partial charge in [-0.2, -0.15) is 13.2 Å². The Hall–Kier alpha value is 0.480. The van der Waals surface area contributed by atoms with Crippen LogP contribution in [0, 0.1) is 0 Å². The number of hydrogen-bond donors (Lipinski definition) is 0. The molecule has 5 heteroatoms. The summed E-state index contributed by atoms with van der Waals surface area (Å²) in [4.78, 5) is 0. The van der Waals surface area contributed by atoms with Crippen LogP contribution in [0.5, 0.6) is 0 Å². The molecule has 0 unspecified atom stereocenters. The normalized spacial score (nSPS) is 22.2. The van der Waals surface area contributed by atoms with E-state index >= 15 is 0 Å². The Bertz CT molecular complexity index is 163. The molecule has 0 atom stereocenters. The van der Waals surface area contributed by atoms with Crippen molar-refractivity contribution < 1.29 is 17.9 Å². The molecule has 0 N–H and O–H groups in total. The van der Waals surface area contributed by atoms with Gasteiger partial charge in [0.1, 0.15) is 6.61 Å². The number of halogens is 4. The summed E-state index contributed by atoms with van der Waals surface area (Å²) in [7, 11) is 0. The first kappa shape index (κ1) is 11.6. The highest BCUT2D eigenvalue weighted by atomic mass is 127. The van der Waals surface area contributed by atoms with Gasteiger partial charge in [-0.05, 0) is 12.8 Å². The molecule has 0 aromatic rings. The summed E-state index contributed by atoms with van der Waals surface area (Å²) in [5.41, 5.74) is -0.490. The summed E-state index contributed by atoms with van der Waals surface area (Å²) in [6.45, 7) is -1.10. The summed E-state index contributed by atoms with van der Waals surface area (Å²) in [6, 6.07) is 0. The van der Waals surface area contributed by atoms with E-state index in [4.69, 9.17) is 4.74 Å². The molecular formula is C8H12F3IO. The second-order valence-corrected chi connectivity index (χ2v) is 4.19. The lowest BCUT2D eigenvalue weighted by Gasteiger charge is -2.27. The average molecular weight is 308 g/mol. The Morgan fingerprint density at radius 2 is 1.77 bits per heavy atom. The van der Waals surface area contributed by atoms with Gasteiger partial charge in [-0.25, -0.2) is 0 Å². The molecule has 13 heavy (non-hydrogen) atoms. The van der Waals surface area contributed by atoms with Gasteiger partial charge in [0.2, 0.25) is 0 Å². The van der Waals surface area contributed by atoms with Crippen molar-refractivity contribution in [3.05, 3.63) is 0 Å². The Labute approximate surface area is 89.2 Å². The van der Waals surface area contributed by atoms with Crippen LogP contribution in [0.3, 0.4) is 0 Å². The van der Waals surface area contributed by atoms with Gasteiger partial charge in [0.05, 0.1) is 5.60 Å². The van der Waals surface area contributed by atoms with Crippen LogP contribution in [0.25, 0.3) is 0 Å². The van der Waals surface area contributed by atoms with E-state index in [1.165, 1.54) is 0 Å². The van der Waals surface area contributed by atoms with E-state index < -0.39 is 18.4 Å². The van der Waals surface area contributed by atoms with E-state index in [0.29, 0.717) is 4.43 Å². The molecule has 1 aliphatic carbocycles. The fraction of sp³-hybridized carbons (Fsp3) is 1.00. The molecule has 0 amide bonds. The zero-order valence-corrected chi connectivity index (χ0v) is 9.32. The van der Waals surface area contributed by atoms with Crippen LogP contribution >= 0.6 is 22.6 Å². The van der Waals surface area contributed by atoms with E-state index in [9.17, 15) is 13.2 Å². The maximum absolute atomic E-state index is 11.9. The van der Waals surface area contributed by atoms with Crippen molar-refractivity contribution in [2.75, 3.05) is 11.0 Å². The molecule has 0 aromatic heterocycles. The van der Waals surface area contributed by atoms with Crippen molar-refractivity contribution in [3.63, 3.8) is 0 Å². The number of hydrogen-bond acceptors (Lipinski definition) is 1. The Morgan fingerprint density at radius 3 is 2.15 bits per heavy atom. The Balaban J connectivity index is 2.40. The lowest BCUT2D eigenvalue weighted by atomic mass is 10.1. The highest BCUT2D eigenvalue weighted by Crippen LogP contribution is 2.36. The SMILES string of the molecule is FC(F)(F)COC1(CI)CCCC1. The smallest absolute Gasteiger partial charge is 0.365 e. The molecular weight excluding hydrogens is 296 g/mol. The minimum Gasteiger partial charge on any atom is -0.365 e. The largest absolute Gasteiger partial charge is 0.411 e. The predicted octanol–water partition coefficient (Wildman–Crippen LogP) is 3.31. The Kier molecular flexibility index (Phi) is 3.85. The van der Waals surface area contributed by atoms with Gasteiger partial charge in [-0.3, -0.25) is 0 Å². The molecule has 1 saturated carbocycles. The molecule has 78 valence electrons. The van der Waals surface area contributed by atoms with Crippen LogP contribution in [-0.4, -0.2) is 22.8 Å². The lowest BCUT2D eigenvalue weighted by molar-refractivity contribution is -0.200. The number of alkyl halides is 4. The van der Waals surface area contributed by atoms with Crippen molar-refractivity contribution in [2.45, 2.75) is 37.5 Å². The van der Waals surface area contributed by atoms with E-state index in [-0.39, 0.29) is 0 Å². The standard InChI is InChI=1S/C8H12F3IO/c9-8(10,11)6-13-7(5-12)3-1-2-4-7/h1-6H2. The minimum atomic E-state index is -4.19. The van der Waals surface area contributed by atoms with Gasteiger partial charge in [0, 0.05) is 4.43 Å². The van der Waals surface area contributed by atoms with Crippen molar-refractivity contribution in [1.82, 2.24) is 0 Å². The molecule has 0 saturated heterocycles. The van der Waals surface area contributed by atoms with Gasteiger partial charge in [-0.1, -0.05) is 35.4 Å². The predicted molar refractivity (Wildman–Crippen MR) is 52.1 cm³/mol. The summed E-state index contributed by atoms with van der Waals surface area (Å²) in [6.07, 6.45) is -0.679. The zero-order valence-electron chi connectivity index (χ0n) is 7.16. The van der Waals surface area contributed by atoms with Crippen LogP contribution < -0.4 is 0 Å². The first-order valence-corrected chi connectivity index (χ1v) is 5.77. The minimum absolute atomic E-state index is 0.490. The van der Waals surface area contributed by atoms with Crippen LogP contribution in [0.2, 0.25) is 0 Å². The van der Waals surface area contributed by atoms with Gasteiger partial charge in [0.15, 0.2) is 0 Å². The third kappa shape index (κ3) is 3.61. The zero-order chi connectivity index (χ0) is 9.95. The number of ether oxygens (including phenoxy) is 1. The van der Waals surface area contributed by atoms with Crippen molar-refractivity contribution >= 4 is 22.6 Å². The summed E-state index contributed by atoms with van der Waals surface area (Å²) >= 11 is 2.10. The molecule has 0 bridgehead atoms. The second-order valence-electron chi connectivity index (χ2n) is 3.43. The van der Waals surface area contributed by atoms with Gasteiger partial charge in [0.25, 0.3) is 0 Å². The molecule has 1 fully saturated rings. The molecule has 1 aliphatic rings. The maximum atomic E-state index is 11.9. The summed E-state index contributed by atoms with van der Waals surface area (Å²) < 4.78 is 41.3. The highest BCUT2D eigenvalue weighted by molar-refractivity contribution is 14.1. The van der Waals surface area contributed by atoms with Crippen LogP contribution in [0.15, 0.2) is 0 Å². The topological polar surface area (TPSA) is 9.23 Å². The first-order chi connectivity index (χ1) is 5.97. The van der Waals surface area contributed by atoms with Crippen molar-refractivity contribution in [2.24, 2.45) is 0 Å². The van der Waals surface area contributed by atoms with Crippen molar-refractivity contribution in [1.29, 1.82) is 0 Å². The third-order valence-electron chi connectivity index (χ3n) is 2.30. The molecule has 0 aliphatic heterocycles. The monoisotopic (exact) mass is 308 g/mol. The van der Waals surface area contributed by atoms with Gasteiger partial charge in [-0.15, -0.1) is 0 Å². The third-order valence-corrected chi connectivity index (χ3v) is 3.69. The molecule has 0 aromatic carbocycles. The quantitative estimate of drug-likeness (QED) is 0.574. The molecule has 1 rings (SSSR count). The second kappa shape index (κ2) is 4.33. The van der Waals surface area contributed by atoms with Crippen LogP contribution in [-0.2, 0) is 4.74 Å². The van der Waals surface area contributed by atoms with E-state index in [0.717, 1.165) is 25.7 Å². The Morgan fingerprint density at radius 1 is 1.23 bits per heavy atom. The molecule has 0 spiro atoms. The van der Waals surface area contributed by atoms with Crippen molar-refractivity contribution in [3.8, 4) is 0 Å². The summed E-state index contributed by atoms with van der Waals surface area (Å²) in [5, 5.41) is 0. The van der Waals surface area contributed by atoms with E-state index in [1.807, 2.05) is 0 Å². The first-order valence-electron chi connectivity index (χ1n) is 4.24. The van der Waals surface area contributed by atoms with Gasteiger partial charge >= 0.3 is 6.18 Å². The lowest BCUT2D eigenvalue weighted by Crippen LogP contribution is -2.35. The van der Waals surface area contributed by atoms with Crippen LogP contribution in [0.1, 0.15) is 25.7 Å². The molecule has 0 heterocycles. The van der Waals surface area contributed by atoms with Crippen LogP contribution in [0.4, 0.5) is 13.2 Å². The molecule has 1 nitrogen and oxygen atoms in total. The average Bonchev–Trinajstić information content (AvgIpc) is 2.49. The fourth-order valence-corrected chi connectivity index (χ4v) is 2.55. The van der Waals surface area contributed by atoms with E-state index in [1.54, 1.807) is 0 Å². The highest BCUT2D eigenvalue weighted by Gasteiger charge is 2.38. The number of rotatable bonds is 3. The maximum Gasteiger partial charge on any atom is 0.411 e. The molecule has 0 radical (unpaired) electrons.